The van der Waals surface area contributed by atoms with Crippen LogP contribution >= 0.6 is 0 Å². The fraction of sp³-hybridized carbons (Fsp3) is 0.875. The number of rotatable bonds is 3. The second-order valence-corrected chi connectivity index (χ2v) is 3.63. The summed E-state index contributed by atoms with van der Waals surface area (Å²) >= 11 is 0. The first-order chi connectivity index (χ1) is 5.35. The Bertz CT molecular complexity index is 148. The van der Waals surface area contributed by atoms with E-state index in [0.717, 1.165) is 0 Å². The van der Waals surface area contributed by atoms with Gasteiger partial charge in [0.1, 0.15) is 5.60 Å². The van der Waals surface area contributed by atoms with Gasteiger partial charge in [-0.2, -0.15) is 0 Å². The lowest BCUT2D eigenvalue weighted by Gasteiger charge is -2.20. The van der Waals surface area contributed by atoms with Gasteiger partial charge in [-0.05, 0) is 20.8 Å². The van der Waals surface area contributed by atoms with Crippen LogP contribution in [0.4, 0.5) is 0 Å². The van der Waals surface area contributed by atoms with E-state index in [9.17, 15) is 4.79 Å². The first kappa shape index (κ1) is 11.4. The second kappa shape index (κ2) is 4.42. The van der Waals surface area contributed by atoms with Crippen LogP contribution in [0, 0.1) is 0 Å². The fourth-order valence-electron chi connectivity index (χ4n) is 0.640. The molecular weight excluding hydrogens is 160 g/mol. The molecule has 0 aliphatic rings. The molecular formula is C8H16O4. The molecule has 0 unspecified atom stereocenters. The van der Waals surface area contributed by atoms with E-state index in [-0.39, 0.29) is 6.42 Å². The molecule has 0 amide bonds. The largest absolute Gasteiger partial charge is 0.460 e. The Labute approximate surface area is 72.2 Å². The topological polar surface area (TPSA) is 66.8 Å². The smallest absolute Gasteiger partial charge is 0.309 e. The zero-order valence-corrected chi connectivity index (χ0v) is 7.70. The molecule has 72 valence electrons. The molecule has 4 nitrogen and oxygen atoms in total. The number of hydrogen-bond donors (Lipinski definition) is 2. The number of carbonyl (C=O) groups excluding carboxylic acids is 1. The van der Waals surface area contributed by atoms with Crippen LogP contribution in [0.25, 0.3) is 0 Å². The number of hydrogen-bond acceptors (Lipinski definition) is 4. The van der Waals surface area contributed by atoms with Crippen LogP contribution in [-0.2, 0) is 9.53 Å². The summed E-state index contributed by atoms with van der Waals surface area (Å²) in [5, 5.41) is 17.3. The Kier molecular flexibility index (Phi) is 4.20. The van der Waals surface area contributed by atoms with Crippen molar-refractivity contribution < 1.29 is 19.7 Å². The van der Waals surface area contributed by atoms with Gasteiger partial charge in [0, 0.05) is 0 Å². The van der Waals surface area contributed by atoms with Crippen LogP contribution in [0.15, 0.2) is 0 Å². The summed E-state index contributed by atoms with van der Waals surface area (Å²) in [4.78, 5) is 10.9. The maximum absolute atomic E-state index is 10.9. The van der Waals surface area contributed by atoms with Crippen molar-refractivity contribution in [3.63, 3.8) is 0 Å². The van der Waals surface area contributed by atoms with Gasteiger partial charge in [0.2, 0.25) is 0 Å². The van der Waals surface area contributed by atoms with Crippen LogP contribution in [0.1, 0.15) is 27.2 Å². The third-order valence-electron chi connectivity index (χ3n) is 1.03. The summed E-state index contributed by atoms with van der Waals surface area (Å²) < 4.78 is 4.90. The molecule has 0 rings (SSSR count). The highest BCUT2D eigenvalue weighted by molar-refractivity contribution is 5.70. The Balaban J connectivity index is 3.75. The van der Waals surface area contributed by atoms with Crippen molar-refractivity contribution in [2.75, 3.05) is 6.61 Å². The zero-order chi connectivity index (χ0) is 9.78. The molecule has 0 aromatic heterocycles. The Morgan fingerprint density at radius 3 is 2.33 bits per heavy atom. The van der Waals surface area contributed by atoms with Crippen molar-refractivity contribution in [1.29, 1.82) is 0 Å². The van der Waals surface area contributed by atoms with Gasteiger partial charge >= 0.3 is 5.97 Å². The van der Waals surface area contributed by atoms with Gasteiger partial charge in [-0.25, -0.2) is 0 Å². The van der Waals surface area contributed by atoms with Gasteiger partial charge in [0.15, 0.2) is 0 Å². The summed E-state index contributed by atoms with van der Waals surface area (Å²) in [5.74, 6) is -0.496. The van der Waals surface area contributed by atoms with Crippen molar-refractivity contribution in [3.8, 4) is 0 Å². The highest BCUT2D eigenvalue weighted by atomic mass is 16.6. The van der Waals surface area contributed by atoms with E-state index in [1.54, 1.807) is 20.8 Å². The average Bonchev–Trinajstić information content (AvgIpc) is 1.82. The number of esters is 1. The lowest BCUT2D eigenvalue weighted by molar-refractivity contribution is -0.157. The molecule has 0 heterocycles. The van der Waals surface area contributed by atoms with Crippen LogP contribution in [0.5, 0.6) is 0 Å². The van der Waals surface area contributed by atoms with Crippen molar-refractivity contribution in [2.24, 2.45) is 0 Å². The minimum Gasteiger partial charge on any atom is -0.460 e. The molecule has 0 radical (unpaired) electrons. The second-order valence-electron chi connectivity index (χ2n) is 3.63. The van der Waals surface area contributed by atoms with Gasteiger partial charge in [-0.15, -0.1) is 0 Å². The molecule has 1 atom stereocenters. The fourth-order valence-corrected chi connectivity index (χ4v) is 0.640. The van der Waals surface area contributed by atoms with Crippen molar-refractivity contribution in [2.45, 2.75) is 38.9 Å². The molecule has 0 aromatic rings. The Hall–Kier alpha value is -0.610. The van der Waals surface area contributed by atoms with Crippen molar-refractivity contribution in [1.82, 2.24) is 0 Å². The standard InChI is InChI=1S/C8H16O4/c1-8(2,3)12-7(11)4-6(10)5-9/h6,9-10H,4-5H2,1-3H3/t6-/m1/s1. The third-order valence-corrected chi connectivity index (χ3v) is 1.03. The number of carbonyl (C=O) groups is 1. The van der Waals surface area contributed by atoms with Crippen LogP contribution < -0.4 is 0 Å². The molecule has 2 N–H and O–H groups in total. The minimum atomic E-state index is -1.01. The molecule has 0 aromatic carbocycles. The van der Waals surface area contributed by atoms with Crippen LogP contribution in [0.2, 0.25) is 0 Å². The highest BCUT2D eigenvalue weighted by Crippen LogP contribution is 2.08. The quantitative estimate of drug-likeness (QED) is 0.597. The van der Waals surface area contributed by atoms with Gasteiger partial charge in [0.05, 0.1) is 19.1 Å². The van der Waals surface area contributed by atoms with E-state index < -0.39 is 24.3 Å². The van der Waals surface area contributed by atoms with Crippen LogP contribution in [0.3, 0.4) is 0 Å². The molecule has 0 saturated carbocycles. The number of aliphatic hydroxyl groups excluding tert-OH is 2. The van der Waals surface area contributed by atoms with Crippen LogP contribution in [-0.4, -0.2) is 34.5 Å². The third kappa shape index (κ3) is 6.12. The molecule has 0 bridgehead atoms. The van der Waals surface area contributed by atoms with E-state index in [2.05, 4.69) is 0 Å². The zero-order valence-electron chi connectivity index (χ0n) is 7.70. The van der Waals surface area contributed by atoms with E-state index in [4.69, 9.17) is 14.9 Å². The van der Waals surface area contributed by atoms with Gasteiger partial charge in [-0.1, -0.05) is 0 Å². The first-order valence-corrected chi connectivity index (χ1v) is 3.86. The maximum Gasteiger partial charge on any atom is 0.309 e. The van der Waals surface area contributed by atoms with E-state index >= 15 is 0 Å². The lowest BCUT2D eigenvalue weighted by atomic mass is 10.2. The van der Waals surface area contributed by atoms with E-state index in [1.807, 2.05) is 0 Å². The number of ether oxygens (including phenoxy) is 1. The molecule has 0 aliphatic heterocycles. The maximum atomic E-state index is 10.9. The summed E-state index contributed by atoms with van der Waals surface area (Å²) in [6, 6.07) is 0. The normalized spacial score (nSPS) is 14.1. The predicted octanol–water partition coefficient (Wildman–Crippen LogP) is 0.0714. The van der Waals surface area contributed by atoms with Crippen molar-refractivity contribution in [3.05, 3.63) is 0 Å². The van der Waals surface area contributed by atoms with Crippen molar-refractivity contribution >= 4 is 5.97 Å². The molecule has 4 heteroatoms. The molecule has 0 aliphatic carbocycles. The van der Waals surface area contributed by atoms with Gasteiger partial charge in [-0.3, -0.25) is 4.79 Å². The summed E-state index contributed by atoms with van der Waals surface area (Å²) in [7, 11) is 0. The highest BCUT2D eigenvalue weighted by Gasteiger charge is 2.18. The SMILES string of the molecule is CC(C)(C)OC(=O)C[C@@H](O)CO. The first-order valence-electron chi connectivity index (χ1n) is 3.86. The van der Waals surface area contributed by atoms with Gasteiger partial charge in [0.25, 0.3) is 0 Å². The molecule has 0 spiro atoms. The lowest BCUT2D eigenvalue weighted by Crippen LogP contribution is -2.27. The summed E-state index contributed by atoms with van der Waals surface area (Å²) in [6.45, 7) is 4.82. The Morgan fingerprint density at radius 2 is 2.00 bits per heavy atom. The summed E-state index contributed by atoms with van der Waals surface area (Å²) in [6.07, 6.45) is -1.17. The molecule has 0 fully saturated rings. The predicted molar refractivity (Wildman–Crippen MR) is 43.6 cm³/mol. The number of aliphatic hydroxyl groups is 2. The summed E-state index contributed by atoms with van der Waals surface area (Å²) in [5.41, 5.74) is -0.535. The molecule has 0 saturated heterocycles. The molecule has 12 heavy (non-hydrogen) atoms. The Morgan fingerprint density at radius 1 is 1.50 bits per heavy atom. The van der Waals surface area contributed by atoms with E-state index in [1.165, 1.54) is 0 Å². The average molecular weight is 176 g/mol. The monoisotopic (exact) mass is 176 g/mol. The van der Waals surface area contributed by atoms with E-state index in [0.29, 0.717) is 0 Å². The van der Waals surface area contributed by atoms with Gasteiger partial charge < -0.3 is 14.9 Å². The minimum absolute atomic E-state index is 0.159.